The minimum Gasteiger partial charge on any atom is -0.395 e. The maximum absolute atomic E-state index is 15.1. The summed E-state index contributed by atoms with van der Waals surface area (Å²) in [5, 5.41) is 30.0. The van der Waals surface area contributed by atoms with Crippen molar-refractivity contribution >= 4 is 64.8 Å². The number of aromatic nitrogens is 7. The molecule has 2 saturated heterocycles. The molecule has 1 unspecified atom stereocenters. The number of imidazole rings is 1. The van der Waals surface area contributed by atoms with E-state index in [1.807, 2.05) is 0 Å². The lowest BCUT2D eigenvalue weighted by Gasteiger charge is -2.26. The van der Waals surface area contributed by atoms with E-state index < -0.39 is 73.0 Å². The Hall–Kier alpha value is -2.81. The molecule has 4 aromatic rings. The van der Waals surface area contributed by atoms with Crippen molar-refractivity contribution in [2.75, 3.05) is 24.7 Å². The molecule has 17 nitrogen and oxygen atoms in total. The Kier molecular flexibility index (Phi) is 7.69. The van der Waals surface area contributed by atoms with Gasteiger partial charge in [0.15, 0.2) is 23.6 Å². The van der Waals surface area contributed by atoms with Gasteiger partial charge in [-0.2, -0.15) is 4.98 Å². The number of thiol groups is 1. The van der Waals surface area contributed by atoms with Crippen LogP contribution in [0.2, 0.25) is 0 Å². The smallest absolute Gasteiger partial charge is 0.386 e. The second-order valence-corrected chi connectivity index (χ2v) is 13.8. The summed E-state index contributed by atoms with van der Waals surface area (Å²) in [5.41, 5.74) is 11.2. The van der Waals surface area contributed by atoms with Gasteiger partial charge in [-0.1, -0.05) is 12.2 Å². The monoisotopic (exact) mass is 645 g/mol. The quantitative estimate of drug-likeness (QED) is 0.0962. The highest BCUT2D eigenvalue weighted by molar-refractivity contribution is 8.44. The zero-order valence-electron chi connectivity index (χ0n) is 21.2. The van der Waals surface area contributed by atoms with Gasteiger partial charge in [-0.25, -0.2) is 23.9 Å². The summed E-state index contributed by atoms with van der Waals surface area (Å²) >= 11 is 5.07. The number of aliphatic hydroxyl groups excluding tert-OH is 3. The summed E-state index contributed by atoms with van der Waals surface area (Å²) in [4.78, 5) is 30.7. The van der Waals surface area contributed by atoms with Crippen LogP contribution < -0.4 is 17.0 Å². The van der Waals surface area contributed by atoms with Gasteiger partial charge in [0.2, 0.25) is 5.95 Å². The number of thioether (sulfide) groups is 1. The molecule has 2 aliphatic rings. The van der Waals surface area contributed by atoms with Crippen LogP contribution in [-0.2, 0) is 18.3 Å². The fraction of sp³-hybridized carbons (Fsp3) is 0.476. The summed E-state index contributed by atoms with van der Waals surface area (Å²) in [5.74, 6) is 0.00471. The Bertz CT molecular complexity index is 1740. The first-order valence-electron chi connectivity index (χ1n) is 12.4. The Labute approximate surface area is 244 Å². The standard InChI is InChI=1S/C21H25FN9O8PS2/c22-10-12(33)8(38-19(10)30-2-1-7-15(23)25-5-26-16(7)30)4-37-40(36,41)39-14-13(34)9(3-32)42-20(14)31-6-27-11-17(31)28-21(24)29-18(11)35/h1-2,5-6,8-10,12-14,19-20,32-34H,3-4H2,(H,36,41)(H2,23,25,26)(H3,24,28,29,35)/t8-,9-,10+,12?,13-,14-,19-,20-,40-/m1/s1. The normalized spacial score (nSPS) is 31.3. The first kappa shape index (κ1) is 29.3. The predicted molar refractivity (Wildman–Crippen MR) is 150 cm³/mol. The van der Waals surface area contributed by atoms with Crippen LogP contribution >= 0.6 is 30.8 Å². The molecule has 42 heavy (non-hydrogen) atoms. The van der Waals surface area contributed by atoms with Gasteiger partial charge in [-0.05, 0) is 6.07 Å². The lowest BCUT2D eigenvalue weighted by atomic mass is 10.1. The molecule has 4 aromatic heterocycles. The molecule has 0 saturated carbocycles. The van der Waals surface area contributed by atoms with Gasteiger partial charge in [0.1, 0.15) is 41.5 Å². The summed E-state index contributed by atoms with van der Waals surface area (Å²) in [6, 6.07) is 1.58. The molecule has 21 heteroatoms. The average Bonchev–Trinajstić information content (AvgIpc) is 3.69. The van der Waals surface area contributed by atoms with Gasteiger partial charge in [0.25, 0.3) is 5.56 Å². The molecule has 0 bridgehead atoms. The van der Waals surface area contributed by atoms with Crippen LogP contribution in [0.15, 0.2) is 29.7 Å². The molecule has 0 aliphatic carbocycles. The van der Waals surface area contributed by atoms with Crippen molar-refractivity contribution in [3.8, 4) is 0 Å². The van der Waals surface area contributed by atoms with E-state index in [4.69, 9.17) is 25.3 Å². The van der Waals surface area contributed by atoms with E-state index in [9.17, 15) is 24.7 Å². The minimum absolute atomic E-state index is 0.0388. The summed E-state index contributed by atoms with van der Waals surface area (Å²) in [6.45, 7) is -5.38. The topological polar surface area (TPSA) is 252 Å². The van der Waals surface area contributed by atoms with Crippen molar-refractivity contribution in [3.05, 3.63) is 35.3 Å². The van der Waals surface area contributed by atoms with Gasteiger partial charge in [0.05, 0.1) is 36.3 Å². The maximum Gasteiger partial charge on any atom is 0.386 e. The van der Waals surface area contributed by atoms with E-state index in [0.717, 1.165) is 11.8 Å². The van der Waals surface area contributed by atoms with E-state index in [0.29, 0.717) is 5.39 Å². The lowest BCUT2D eigenvalue weighted by molar-refractivity contribution is -0.0455. The molecule has 9 atom stereocenters. The van der Waals surface area contributed by atoms with Crippen LogP contribution in [-0.4, -0.2) is 98.4 Å². The van der Waals surface area contributed by atoms with Crippen molar-refractivity contribution in [3.63, 3.8) is 0 Å². The first-order chi connectivity index (χ1) is 20.0. The van der Waals surface area contributed by atoms with Gasteiger partial charge < -0.3 is 36.1 Å². The average molecular weight is 646 g/mol. The van der Waals surface area contributed by atoms with Crippen molar-refractivity contribution in [1.82, 2.24) is 34.1 Å². The fourth-order valence-electron chi connectivity index (χ4n) is 4.95. The first-order valence-corrected chi connectivity index (χ1v) is 16.0. The number of hydrogen-bond donors (Lipinski definition) is 7. The Morgan fingerprint density at radius 1 is 1.21 bits per heavy atom. The molecular weight excluding hydrogens is 620 g/mol. The minimum atomic E-state index is -4.32. The number of ether oxygens (including phenoxy) is 1. The summed E-state index contributed by atoms with van der Waals surface area (Å²) in [6.07, 6.45) is -4.88. The third kappa shape index (κ3) is 5.05. The molecule has 0 aromatic carbocycles. The Balaban J connectivity index is 1.19. The highest BCUT2D eigenvalue weighted by atomic mass is 32.7. The number of aliphatic hydroxyl groups is 3. The second-order valence-electron chi connectivity index (χ2n) is 9.57. The van der Waals surface area contributed by atoms with Crippen molar-refractivity contribution in [2.45, 2.75) is 47.4 Å². The van der Waals surface area contributed by atoms with Crippen LogP contribution in [0, 0.1) is 0 Å². The zero-order valence-corrected chi connectivity index (χ0v) is 23.8. The number of anilines is 2. The van der Waals surface area contributed by atoms with Crippen LogP contribution in [0.25, 0.3) is 22.2 Å². The number of nitrogens with two attached hydrogens (primary N) is 2. The van der Waals surface area contributed by atoms with Crippen molar-refractivity contribution in [2.24, 2.45) is 0 Å². The number of nitrogen functional groups attached to an aromatic ring is 2. The number of nitrogens with zero attached hydrogens (tertiary/aromatic N) is 6. The molecule has 0 amide bonds. The van der Waals surface area contributed by atoms with Gasteiger partial charge in [-0.15, -0.1) is 11.8 Å². The SMILES string of the molecule is Nc1nc2c(ncn2[C@@H]2S[C@H](CO)[C@@H](O)[C@H]2O[P@](=O)(S)OC[C@H]2O[C@@H](n3ccc4c(N)ncnc43)[C@@H](F)C2O)c(=O)[nH]1. The highest BCUT2D eigenvalue weighted by Crippen LogP contribution is 2.59. The van der Waals surface area contributed by atoms with E-state index >= 15 is 4.39 Å². The van der Waals surface area contributed by atoms with Crippen molar-refractivity contribution in [1.29, 1.82) is 0 Å². The molecule has 0 spiro atoms. The van der Waals surface area contributed by atoms with Gasteiger partial charge >= 0.3 is 6.80 Å². The molecule has 6 rings (SSSR count). The third-order valence-electron chi connectivity index (χ3n) is 6.98. The summed E-state index contributed by atoms with van der Waals surface area (Å²) in [7, 11) is 0. The number of aromatic amines is 1. The third-order valence-corrected chi connectivity index (χ3v) is 10.1. The number of hydrogen-bond acceptors (Lipinski definition) is 15. The highest BCUT2D eigenvalue weighted by Gasteiger charge is 2.50. The second kappa shape index (κ2) is 11.0. The fourth-order valence-corrected chi connectivity index (χ4v) is 7.92. The molecule has 6 heterocycles. The number of fused-ring (bicyclic) bond motifs is 2. The number of rotatable bonds is 8. The van der Waals surface area contributed by atoms with Crippen LogP contribution in [0.5, 0.6) is 0 Å². The molecule has 2 aliphatic heterocycles. The lowest BCUT2D eigenvalue weighted by Crippen LogP contribution is -2.35. The molecular formula is C21H25FN9O8PS2. The van der Waals surface area contributed by atoms with Gasteiger partial charge in [-0.3, -0.25) is 23.4 Å². The number of halogens is 1. The van der Waals surface area contributed by atoms with E-state index in [1.54, 1.807) is 6.07 Å². The van der Waals surface area contributed by atoms with E-state index in [2.05, 4.69) is 37.2 Å². The zero-order chi connectivity index (χ0) is 29.9. The molecule has 0 radical (unpaired) electrons. The largest absolute Gasteiger partial charge is 0.395 e. The Morgan fingerprint density at radius 3 is 2.76 bits per heavy atom. The summed E-state index contributed by atoms with van der Waals surface area (Å²) < 4.78 is 47.9. The van der Waals surface area contributed by atoms with E-state index in [1.165, 1.54) is 28.0 Å². The molecule has 8 N–H and O–H groups in total. The van der Waals surface area contributed by atoms with Crippen LogP contribution in [0.4, 0.5) is 16.2 Å². The number of alkyl halides is 1. The molecule has 2 fully saturated rings. The number of H-pyrrole nitrogens is 1. The van der Waals surface area contributed by atoms with Gasteiger partial charge in [0, 0.05) is 6.20 Å². The molecule has 226 valence electrons. The van der Waals surface area contributed by atoms with E-state index in [-0.39, 0.29) is 28.6 Å². The van der Waals surface area contributed by atoms with Crippen LogP contribution in [0.1, 0.15) is 11.6 Å². The van der Waals surface area contributed by atoms with Crippen LogP contribution in [0.3, 0.4) is 0 Å². The maximum atomic E-state index is 15.1. The predicted octanol–water partition coefficient (Wildman–Crippen LogP) is -0.268. The number of nitrogens with one attached hydrogen (secondary N) is 1. The van der Waals surface area contributed by atoms with Crippen molar-refractivity contribution < 1.29 is 38.1 Å². The Morgan fingerprint density at radius 2 is 2.00 bits per heavy atom.